The fraction of sp³-hybridized carbons (Fsp3) is 0.0968. The van der Waals surface area contributed by atoms with Crippen molar-refractivity contribution in [2.45, 2.75) is 13.5 Å². The molecule has 3 aromatic carbocycles. The maximum atomic E-state index is 13.4. The number of rotatable bonds is 9. The number of ketones is 1. The Morgan fingerprint density at radius 1 is 0.784 bits per heavy atom. The van der Waals surface area contributed by atoms with Gasteiger partial charge in [-0.1, -0.05) is 48.5 Å². The highest BCUT2D eigenvalue weighted by Crippen LogP contribution is 2.30. The zero-order valence-corrected chi connectivity index (χ0v) is 20.4. The molecular formula is C31H26N2O4. The fourth-order valence-electron chi connectivity index (χ4n) is 4.14. The molecule has 0 unspecified atom stereocenters. The molecule has 2 heterocycles. The minimum atomic E-state index is -0.714. The van der Waals surface area contributed by atoms with Crippen molar-refractivity contribution in [1.29, 1.82) is 0 Å². The number of pyridine rings is 1. The van der Waals surface area contributed by atoms with Gasteiger partial charge in [0.25, 0.3) is 11.7 Å². The minimum Gasteiger partial charge on any atom is -0.494 e. The molecular weight excluding hydrogens is 464 g/mol. The van der Waals surface area contributed by atoms with E-state index in [0.29, 0.717) is 35.9 Å². The molecule has 184 valence electrons. The van der Waals surface area contributed by atoms with Gasteiger partial charge in [-0.05, 0) is 72.6 Å². The summed E-state index contributed by atoms with van der Waals surface area (Å²) >= 11 is 0. The van der Waals surface area contributed by atoms with E-state index in [-0.39, 0.29) is 0 Å². The van der Waals surface area contributed by atoms with Crippen LogP contribution in [0.15, 0.2) is 109 Å². The molecule has 1 N–H and O–H groups in total. The maximum Gasteiger partial charge on any atom is 0.298 e. The second-order valence-electron chi connectivity index (χ2n) is 8.44. The molecule has 0 saturated heterocycles. The zero-order chi connectivity index (χ0) is 25.6. The zero-order valence-electron chi connectivity index (χ0n) is 20.4. The quantitative estimate of drug-likeness (QED) is 0.192. The molecule has 0 aliphatic rings. The molecule has 5 rings (SSSR count). The normalized spacial score (nSPS) is 10.7. The number of nitrogens with zero attached hydrogens (tertiary/aromatic N) is 1. The molecule has 37 heavy (non-hydrogen) atoms. The first-order chi connectivity index (χ1) is 18.1. The van der Waals surface area contributed by atoms with Crippen molar-refractivity contribution in [2.75, 3.05) is 11.9 Å². The number of ether oxygens (including phenoxy) is 2. The first-order valence-electron chi connectivity index (χ1n) is 12.1. The smallest absolute Gasteiger partial charge is 0.298 e. The first-order valence-corrected chi connectivity index (χ1v) is 12.1. The molecule has 5 aromatic rings. The van der Waals surface area contributed by atoms with Crippen LogP contribution in [0.2, 0.25) is 0 Å². The van der Waals surface area contributed by atoms with Crippen LogP contribution in [0.4, 0.5) is 5.69 Å². The van der Waals surface area contributed by atoms with E-state index in [1.807, 2.05) is 85.8 Å². The molecule has 0 spiro atoms. The second kappa shape index (κ2) is 10.8. The van der Waals surface area contributed by atoms with Crippen LogP contribution >= 0.6 is 0 Å². The highest BCUT2D eigenvalue weighted by molar-refractivity contribution is 6.47. The van der Waals surface area contributed by atoms with Crippen molar-refractivity contribution >= 4 is 22.9 Å². The SMILES string of the molecule is CCOc1ccc(-c2cc3ccccn3c2C(=O)C(=O)Nc2ccc(OCc3ccccc3)cc2)cc1. The monoisotopic (exact) mass is 490 g/mol. The molecule has 0 aliphatic heterocycles. The lowest BCUT2D eigenvalue weighted by molar-refractivity contribution is -0.112. The summed E-state index contributed by atoms with van der Waals surface area (Å²) < 4.78 is 13.1. The lowest BCUT2D eigenvalue weighted by atomic mass is 10.0. The van der Waals surface area contributed by atoms with E-state index in [0.717, 1.165) is 22.4 Å². The van der Waals surface area contributed by atoms with Crippen LogP contribution in [-0.4, -0.2) is 22.7 Å². The van der Waals surface area contributed by atoms with Crippen LogP contribution < -0.4 is 14.8 Å². The summed E-state index contributed by atoms with van der Waals surface area (Å²) in [6.07, 6.45) is 1.78. The van der Waals surface area contributed by atoms with Crippen molar-refractivity contribution in [2.24, 2.45) is 0 Å². The van der Waals surface area contributed by atoms with E-state index in [4.69, 9.17) is 9.47 Å². The van der Waals surface area contributed by atoms with Gasteiger partial charge in [-0.25, -0.2) is 0 Å². The number of fused-ring (bicyclic) bond motifs is 1. The molecule has 1 amide bonds. The van der Waals surface area contributed by atoms with Gasteiger partial charge in [0.1, 0.15) is 23.8 Å². The third-order valence-electron chi connectivity index (χ3n) is 5.94. The highest BCUT2D eigenvalue weighted by Gasteiger charge is 2.25. The van der Waals surface area contributed by atoms with Crippen LogP contribution in [0.25, 0.3) is 16.6 Å². The first kappa shape index (κ1) is 23.9. The largest absolute Gasteiger partial charge is 0.494 e. The predicted molar refractivity (Wildman–Crippen MR) is 144 cm³/mol. The molecule has 6 nitrogen and oxygen atoms in total. The fourth-order valence-corrected chi connectivity index (χ4v) is 4.14. The maximum absolute atomic E-state index is 13.4. The van der Waals surface area contributed by atoms with Gasteiger partial charge < -0.3 is 19.2 Å². The summed E-state index contributed by atoms with van der Waals surface area (Å²) in [5.41, 5.74) is 4.20. The van der Waals surface area contributed by atoms with Gasteiger partial charge in [-0.15, -0.1) is 0 Å². The Labute approximate surface area is 215 Å². The van der Waals surface area contributed by atoms with Crippen molar-refractivity contribution in [3.05, 3.63) is 121 Å². The topological polar surface area (TPSA) is 69.0 Å². The number of nitrogens with one attached hydrogen (secondary N) is 1. The summed E-state index contributed by atoms with van der Waals surface area (Å²) in [5, 5.41) is 2.72. The van der Waals surface area contributed by atoms with Gasteiger partial charge in [-0.3, -0.25) is 9.59 Å². The molecule has 0 aliphatic carbocycles. The van der Waals surface area contributed by atoms with Gasteiger partial charge in [-0.2, -0.15) is 0 Å². The van der Waals surface area contributed by atoms with E-state index in [9.17, 15) is 9.59 Å². The molecule has 0 bridgehead atoms. The standard InChI is InChI=1S/C31H26N2O4/c1-2-36-26-15-11-23(12-16-26)28-20-25-10-6-7-19-33(25)29(28)30(34)31(35)32-24-13-17-27(18-14-24)37-21-22-8-4-3-5-9-22/h3-20H,2,21H2,1H3,(H,32,35). The Hall–Kier alpha value is -4.84. The highest BCUT2D eigenvalue weighted by atomic mass is 16.5. The number of benzene rings is 3. The van der Waals surface area contributed by atoms with Crippen molar-refractivity contribution < 1.29 is 19.1 Å². The third-order valence-corrected chi connectivity index (χ3v) is 5.94. The summed E-state index contributed by atoms with van der Waals surface area (Å²) in [6.45, 7) is 2.94. The number of amides is 1. The van der Waals surface area contributed by atoms with Crippen molar-refractivity contribution in [1.82, 2.24) is 4.40 Å². The number of hydrogen-bond donors (Lipinski definition) is 1. The van der Waals surface area contributed by atoms with Crippen LogP contribution in [0.3, 0.4) is 0 Å². The Balaban J connectivity index is 1.35. The number of hydrogen-bond acceptors (Lipinski definition) is 4. The summed E-state index contributed by atoms with van der Waals surface area (Å²) in [5.74, 6) is 0.0776. The van der Waals surface area contributed by atoms with E-state index < -0.39 is 11.7 Å². The van der Waals surface area contributed by atoms with E-state index >= 15 is 0 Å². The number of aromatic nitrogens is 1. The van der Waals surface area contributed by atoms with E-state index in [1.165, 1.54) is 0 Å². The molecule has 0 fully saturated rings. The molecule has 6 heteroatoms. The van der Waals surface area contributed by atoms with Crippen molar-refractivity contribution in [3.63, 3.8) is 0 Å². The second-order valence-corrected chi connectivity index (χ2v) is 8.44. The minimum absolute atomic E-state index is 0.306. The van der Waals surface area contributed by atoms with Gasteiger partial charge in [0, 0.05) is 23.0 Å². The molecule has 0 atom stereocenters. The van der Waals surface area contributed by atoms with Gasteiger partial charge in [0.2, 0.25) is 0 Å². The number of carbonyl (C=O) groups excluding carboxylic acids is 2. The Kier molecular flexibility index (Phi) is 6.99. The Bertz CT molecular complexity index is 1520. The van der Waals surface area contributed by atoms with Crippen LogP contribution in [-0.2, 0) is 11.4 Å². The van der Waals surface area contributed by atoms with Crippen LogP contribution in [0.1, 0.15) is 23.0 Å². The molecule has 0 saturated carbocycles. The number of Topliss-reactive ketones (excluding diaryl/α,β-unsaturated/α-hetero) is 1. The van der Waals surface area contributed by atoms with Gasteiger partial charge >= 0.3 is 0 Å². The van der Waals surface area contributed by atoms with E-state index in [2.05, 4.69) is 5.32 Å². The third kappa shape index (κ3) is 5.38. The van der Waals surface area contributed by atoms with E-state index in [1.54, 1.807) is 34.9 Å². The lowest BCUT2D eigenvalue weighted by Crippen LogP contribution is -2.24. The van der Waals surface area contributed by atoms with Gasteiger partial charge in [0.15, 0.2) is 0 Å². The Morgan fingerprint density at radius 3 is 2.19 bits per heavy atom. The summed E-state index contributed by atoms with van der Waals surface area (Å²) in [6, 6.07) is 31.9. The summed E-state index contributed by atoms with van der Waals surface area (Å²) in [7, 11) is 0. The Morgan fingerprint density at radius 2 is 1.46 bits per heavy atom. The van der Waals surface area contributed by atoms with Crippen molar-refractivity contribution in [3.8, 4) is 22.6 Å². The number of carbonyl (C=O) groups is 2. The summed E-state index contributed by atoms with van der Waals surface area (Å²) in [4.78, 5) is 26.5. The lowest BCUT2D eigenvalue weighted by Gasteiger charge is -2.10. The molecule has 0 radical (unpaired) electrons. The average molecular weight is 491 g/mol. The number of anilines is 1. The average Bonchev–Trinajstić information content (AvgIpc) is 3.33. The van der Waals surface area contributed by atoms with Crippen LogP contribution in [0.5, 0.6) is 11.5 Å². The molecule has 2 aromatic heterocycles. The van der Waals surface area contributed by atoms with Crippen LogP contribution in [0, 0.1) is 0 Å². The predicted octanol–water partition coefficient (Wildman–Crippen LogP) is 6.41. The van der Waals surface area contributed by atoms with Gasteiger partial charge in [0.05, 0.1) is 6.61 Å².